The number of nitrogens with zero attached hydrogens (tertiary/aromatic N) is 3. The molecule has 4 N–H and O–H groups in total. The minimum Gasteiger partial charge on any atom is -0.394 e. The van der Waals surface area contributed by atoms with E-state index in [9.17, 15) is 29.5 Å². The first kappa shape index (κ1) is 16.8. The molecule has 2 heterocycles. The summed E-state index contributed by atoms with van der Waals surface area (Å²) in [5, 5.41) is 24.5. The number of urea groups is 1. The normalized spacial score (nSPS) is 26.7. The largest absolute Gasteiger partial charge is 0.394 e. The standard InChI is InChI=1S/C11H15N5O7/c1-15(14-22)10(20)13-7-8(19)5(4-17)23-9(7)16-3-2-6(18)12-11(16)21/h2-3,5,7-9,17,19H,4H2,1H3,(H,13,20)(H,12,18,21). The number of aliphatic hydroxyl groups excluding tert-OH is 2. The molecule has 0 aromatic carbocycles. The van der Waals surface area contributed by atoms with Crippen molar-refractivity contribution >= 4 is 6.03 Å². The number of H-pyrrole nitrogens is 1. The van der Waals surface area contributed by atoms with Gasteiger partial charge in [-0.3, -0.25) is 14.3 Å². The maximum Gasteiger partial charge on any atom is 0.340 e. The van der Waals surface area contributed by atoms with E-state index in [0.29, 0.717) is 5.01 Å². The van der Waals surface area contributed by atoms with Gasteiger partial charge in [0.25, 0.3) is 5.56 Å². The number of nitroso groups, excluding NO2 is 1. The van der Waals surface area contributed by atoms with Crippen molar-refractivity contribution in [3.63, 3.8) is 0 Å². The molecule has 23 heavy (non-hydrogen) atoms. The molecule has 1 fully saturated rings. The van der Waals surface area contributed by atoms with E-state index in [0.717, 1.165) is 23.9 Å². The van der Waals surface area contributed by atoms with Gasteiger partial charge in [0.2, 0.25) is 0 Å². The van der Waals surface area contributed by atoms with Gasteiger partial charge in [-0.05, 0) is 0 Å². The lowest BCUT2D eigenvalue weighted by Crippen LogP contribution is -2.50. The topological polar surface area (TPSA) is 166 Å². The number of nitrogens with one attached hydrogen (secondary N) is 2. The highest BCUT2D eigenvalue weighted by molar-refractivity contribution is 5.73. The Bertz CT molecular complexity index is 700. The Labute approximate surface area is 128 Å². The lowest BCUT2D eigenvalue weighted by molar-refractivity contribution is -0.0468. The molecule has 1 aromatic rings. The van der Waals surface area contributed by atoms with Gasteiger partial charge in [-0.1, -0.05) is 0 Å². The van der Waals surface area contributed by atoms with Crippen LogP contribution >= 0.6 is 0 Å². The Morgan fingerprint density at radius 2 is 2.26 bits per heavy atom. The van der Waals surface area contributed by atoms with Crippen molar-refractivity contribution in [1.29, 1.82) is 0 Å². The molecule has 1 aromatic heterocycles. The number of hydrogen-bond donors (Lipinski definition) is 4. The number of aliphatic hydroxyl groups is 2. The molecular formula is C11H15N5O7. The van der Waals surface area contributed by atoms with Crippen molar-refractivity contribution in [2.45, 2.75) is 24.5 Å². The van der Waals surface area contributed by atoms with Crippen molar-refractivity contribution < 1.29 is 19.7 Å². The lowest BCUT2D eigenvalue weighted by Gasteiger charge is -2.23. The molecule has 0 bridgehead atoms. The molecule has 0 aliphatic carbocycles. The summed E-state index contributed by atoms with van der Waals surface area (Å²) in [6.45, 7) is -0.566. The minimum atomic E-state index is -1.35. The minimum absolute atomic E-state index is 0.450. The molecule has 12 heteroatoms. The van der Waals surface area contributed by atoms with Crippen molar-refractivity contribution in [2.75, 3.05) is 13.7 Å². The summed E-state index contributed by atoms with van der Waals surface area (Å²) in [5.41, 5.74) is -1.46. The van der Waals surface area contributed by atoms with Gasteiger partial charge in [0.1, 0.15) is 18.2 Å². The molecular weight excluding hydrogens is 314 g/mol. The zero-order valence-electron chi connectivity index (χ0n) is 11.9. The Balaban J connectivity index is 2.34. The van der Waals surface area contributed by atoms with Gasteiger partial charge in [0.05, 0.1) is 11.9 Å². The predicted octanol–water partition coefficient (Wildman–Crippen LogP) is -2.52. The van der Waals surface area contributed by atoms with E-state index in [1.807, 2.05) is 4.98 Å². The zero-order valence-corrected chi connectivity index (χ0v) is 11.9. The third-order valence-corrected chi connectivity index (χ3v) is 3.38. The monoisotopic (exact) mass is 329 g/mol. The molecule has 1 saturated heterocycles. The van der Waals surface area contributed by atoms with E-state index < -0.39 is 48.4 Å². The van der Waals surface area contributed by atoms with Gasteiger partial charge in [-0.15, -0.1) is 4.91 Å². The van der Waals surface area contributed by atoms with Crippen LogP contribution in [-0.4, -0.2) is 62.7 Å². The van der Waals surface area contributed by atoms with E-state index in [-0.39, 0.29) is 0 Å². The molecule has 4 unspecified atom stereocenters. The van der Waals surface area contributed by atoms with E-state index in [1.54, 1.807) is 0 Å². The zero-order chi connectivity index (χ0) is 17.1. The third kappa shape index (κ3) is 3.28. The van der Waals surface area contributed by atoms with Crippen molar-refractivity contribution in [3.05, 3.63) is 38.0 Å². The molecule has 2 rings (SSSR count). The summed E-state index contributed by atoms with van der Waals surface area (Å²) in [4.78, 5) is 47.0. The first-order valence-corrected chi connectivity index (χ1v) is 6.52. The summed E-state index contributed by atoms with van der Waals surface area (Å²) in [6.07, 6.45) is -2.50. The average molecular weight is 329 g/mol. The summed E-state index contributed by atoms with van der Waals surface area (Å²) in [7, 11) is 1.09. The number of aromatic amines is 1. The second kappa shape index (κ2) is 6.68. The number of hydrogen-bond acceptors (Lipinski definition) is 8. The quantitative estimate of drug-likeness (QED) is 0.349. The van der Waals surface area contributed by atoms with E-state index in [4.69, 9.17) is 4.74 Å². The first-order chi connectivity index (χ1) is 10.9. The molecule has 12 nitrogen and oxygen atoms in total. The second-order valence-corrected chi connectivity index (χ2v) is 4.84. The molecule has 0 radical (unpaired) electrons. The van der Waals surface area contributed by atoms with Crippen LogP contribution in [0, 0.1) is 4.91 Å². The van der Waals surface area contributed by atoms with Crippen LogP contribution in [0.2, 0.25) is 0 Å². The van der Waals surface area contributed by atoms with E-state index in [1.165, 1.54) is 0 Å². The van der Waals surface area contributed by atoms with Gasteiger partial charge in [0, 0.05) is 19.3 Å². The number of rotatable bonds is 4. The van der Waals surface area contributed by atoms with Gasteiger partial charge >= 0.3 is 11.7 Å². The Morgan fingerprint density at radius 1 is 1.57 bits per heavy atom. The van der Waals surface area contributed by atoms with Crippen LogP contribution in [0.15, 0.2) is 27.1 Å². The molecule has 4 atom stereocenters. The van der Waals surface area contributed by atoms with Gasteiger partial charge < -0.3 is 20.3 Å². The maximum absolute atomic E-state index is 11.8. The lowest BCUT2D eigenvalue weighted by atomic mass is 10.1. The smallest absolute Gasteiger partial charge is 0.340 e. The van der Waals surface area contributed by atoms with Gasteiger partial charge in [-0.2, -0.15) is 5.01 Å². The number of carbonyl (C=O) groups is 1. The Hall–Kier alpha value is -2.57. The Morgan fingerprint density at radius 3 is 2.83 bits per heavy atom. The van der Waals surface area contributed by atoms with Crippen LogP contribution in [0.4, 0.5) is 4.79 Å². The van der Waals surface area contributed by atoms with Crippen LogP contribution in [-0.2, 0) is 4.74 Å². The molecule has 126 valence electrons. The van der Waals surface area contributed by atoms with Crippen LogP contribution in [0.25, 0.3) is 0 Å². The fraction of sp³-hybridized carbons (Fsp3) is 0.545. The molecule has 1 aliphatic heterocycles. The van der Waals surface area contributed by atoms with E-state index >= 15 is 0 Å². The number of carbonyl (C=O) groups excluding carboxylic acids is 1. The second-order valence-electron chi connectivity index (χ2n) is 4.84. The van der Waals surface area contributed by atoms with Crippen LogP contribution in [0.1, 0.15) is 6.23 Å². The highest BCUT2D eigenvalue weighted by atomic mass is 16.5. The first-order valence-electron chi connectivity index (χ1n) is 6.52. The van der Waals surface area contributed by atoms with Gasteiger partial charge in [0.15, 0.2) is 6.23 Å². The van der Waals surface area contributed by atoms with Crippen LogP contribution in [0.5, 0.6) is 0 Å². The maximum atomic E-state index is 11.8. The van der Waals surface area contributed by atoms with Crippen molar-refractivity contribution in [1.82, 2.24) is 19.9 Å². The van der Waals surface area contributed by atoms with Crippen LogP contribution in [0.3, 0.4) is 0 Å². The van der Waals surface area contributed by atoms with E-state index in [2.05, 4.69) is 10.6 Å². The Kier molecular flexibility index (Phi) is 4.88. The predicted molar refractivity (Wildman–Crippen MR) is 74.2 cm³/mol. The summed E-state index contributed by atoms with van der Waals surface area (Å²) in [5.74, 6) is 0. The number of ether oxygens (including phenoxy) is 1. The molecule has 0 saturated carbocycles. The summed E-state index contributed by atoms with van der Waals surface area (Å²) >= 11 is 0. The summed E-state index contributed by atoms with van der Waals surface area (Å²) < 4.78 is 6.30. The van der Waals surface area contributed by atoms with Crippen molar-refractivity contribution in [2.24, 2.45) is 5.29 Å². The highest BCUT2D eigenvalue weighted by Crippen LogP contribution is 2.28. The fourth-order valence-electron chi connectivity index (χ4n) is 2.19. The van der Waals surface area contributed by atoms with Crippen molar-refractivity contribution in [3.8, 4) is 0 Å². The highest BCUT2D eigenvalue weighted by Gasteiger charge is 2.46. The third-order valence-electron chi connectivity index (χ3n) is 3.38. The molecule has 2 amide bonds. The average Bonchev–Trinajstić information content (AvgIpc) is 2.83. The summed E-state index contributed by atoms with van der Waals surface area (Å²) in [6, 6.07) is -1.04. The SMILES string of the molecule is CN(N=O)C(=O)NC1C(O)C(CO)OC1n1ccc(=O)[nH]c1=O. The molecule has 0 spiro atoms. The number of aromatic nitrogens is 2. The molecule has 1 aliphatic rings. The fourth-order valence-corrected chi connectivity index (χ4v) is 2.19. The van der Waals surface area contributed by atoms with Crippen LogP contribution < -0.4 is 16.6 Å². The van der Waals surface area contributed by atoms with Gasteiger partial charge in [-0.25, -0.2) is 9.59 Å². The number of amides is 2.